The normalized spacial score (nSPS) is 9.92. The number of nitrogens with one attached hydrogen (secondary N) is 1. The zero-order chi connectivity index (χ0) is 18.2. The highest BCUT2D eigenvalue weighted by atomic mass is 16.6. The SMILES string of the molecule is O=C(CNC(=O)c1ccccc1)OCC(=O)c1ccc([N+](=O)[O-])cc1. The van der Waals surface area contributed by atoms with Crippen LogP contribution in [0.4, 0.5) is 5.69 Å². The molecule has 0 bridgehead atoms. The van der Waals surface area contributed by atoms with Gasteiger partial charge < -0.3 is 10.1 Å². The average Bonchev–Trinajstić information content (AvgIpc) is 2.64. The molecule has 0 heterocycles. The van der Waals surface area contributed by atoms with Gasteiger partial charge in [-0.1, -0.05) is 18.2 Å². The lowest BCUT2D eigenvalue weighted by molar-refractivity contribution is -0.384. The molecule has 1 amide bonds. The second-order valence-corrected chi connectivity index (χ2v) is 4.94. The number of nitrogens with zero attached hydrogens (tertiary/aromatic N) is 1. The molecule has 8 nitrogen and oxygen atoms in total. The van der Waals surface area contributed by atoms with E-state index in [0.29, 0.717) is 5.56 Å². The summed E-state index contributed by atoms with van der Waals surface area (Å²) in [5.74, 6) is -1.70. The molecule has 0 aliphatic rings. The molecule has 0 aromatic heterocycles. The Balaban J connectivity index is 1.78. The summed E-state index contributed by atoms with van der Waals surface area (Å²) in [5, 5.41) is 12.9. The van der Waals surface area contributed by atoms with Crippen molar-refractivity contribution in [1.29, 1.82) is 0 Å². The van der Waals surface area contributed by atoms with Gasteiger partial charge in [0, 0.05) is 23.3 Å². The number of ether oxygens (including phenoxy) is 1. The lowest BCUT2D eigenvalue weighted by Crippen LogP contribution is -2.31. The third-order valence-electron chi connectivity index (χ3n) is 3.19. The Morgan fingerprint density at radius 1 is 0.960 bits per heavy atom. The van der Waals surface area contributed by atoms with Gasteiger partial charge in [-0.25, -0.2) is 0 Å². The molecule has 0 radical (unpaired) electrons. The fourth-order valence-corrected chi connectivity index (χ4v) is 1.89. The summed E-state index contributed by atoms with van der Waals surface area (Å²) in [6.45, 7) is -0.890. The molecule has 0 saturated heterocycles. The summed E-state index contributed by atoms with van der Waals surface area (Å²) in [6, 6.07) is 13.3. The van der Waals surface area contributed by atoms with Crippen LogP contribution < -0.4 is 5.32 Å². The van der Waals surface area contributed by atoms with Crippen LogP contribution in [-0.2, 0) is 9.53 Å². The van der Waals surface area contributed by atoms with Crippen LogP contribution in [0.25, 0.3) is 0 Å². The Hall–Kier alpha value is -3.55. The van der Waals surface area contributed by atoms with E-state index in [1.54, 1.807) is 30.3 Å². The lowest BCUT2D eigenvalue weighted by Gasteiger charge is -2.06. The van der Waals surface area contributed by atoms with Crippen molar-refractivity contribution in [2.75, 3.05) is 13.2 Å². The zero-order valence-electron chi connectivity index (χ0n) is 13.0. The molecular formula is C17H14N2O6. The molecule has 0 aliphatic heterocycles. The molecule has 25 heavy (non-hydrogen) atoms. The Bertz CT molecular complexity index is 787. The first-order valence-corrected chi connectivity index (χ1v) is 7.24. The highest BCUT2D eigenvalue weighted by Crippen LogP contribution is 2.12. The molecule has 0 fully saturated rings. The van der Waals surface area contributed by atoms with Crippen molar-refractivity contribution >= 4 is 23.3 Å². The first kappa shape index (κ1) is 17.8. The van der Waals surface area contributed by atoms with Gasteiger partial charge in [-0.15, -0.1) is 0 Å². The van der Waals surface area contributed by atoms with E-state index in [4.69, 9.17) is 4.74 Å². The van der Waals surface area contributed by atoms with E-state index < -0.39 is 29.2 Å². The quantitative estimate of drug-likeness (QED) is 0.355. The first-order valence-electron chi connectivity index (χ1n) is 7.24. The highest BCUT2D eigenvalue weighted by molar-refractivity contribution is 5.99. The molecule has 0 unspecified atom stereocenters. The van der Waals surface area contributed by atoms with Crippen LogP contribution >= 0.6 is 0 Å². The number of rotatable bonds is 7. The van der Waals surface area contributed by atoms with E-state index in [-0.39, 0.29) is 17.8 Å². The van der Waals surface area contributed by atoms with Gasteiger partial charge in [-0.05, 0) is 24.3 Å². The van der Waals surface area contributed by atoms with Crippen molar-refractivity contribution in [3.8, 4) is 0 Å². The van der Waals surface area contributed by atoms with Crippen molar-refractivity contribution < 1.29 is 24.0 Å². The predicted molar refractivity (Wildman–Crippen MR) is 87.2 cm³/mol. The highest BCUT2D eigenvalue weighted by Gasteiger charge is 2.13. The van der Waals surface area contributed by atoms with Crippen molar-refractivity contribution in [3.63, 3.8) is 0 Å². The van der Waals surface area contributed by atoms with Crippen LogP contribution in [0.5, 0.6) is 0 Å². The standard InChI is InChI=1S/C17H14N2O6/c20-15(12-6-8-14(9-7-12)19(23)24)11-25-16(21)10-18-17(22)13-4-2-1-3-5-13/h1-9H,10-11H2,(H,18,22). The molecule has 2 aromatic carbocycles. The van der Waals surface area contributed by atoms with Crippen LogP contribution in [-0.4, -0.2) is 35.7 Å². The van der Waals surface area contributed by atoms with E-state index >= 15 is 0 Å². The van der Waals surface area contributed by atoms with Gasteiger partial charge >= 0.3 is 5.97 Å². The fourth-order valence-electron chi connectivity index (χ4n) is 1.89. The summed E-state index contributed by atoms with van der Waals surface area (Å²) in [6.07, 6.45) is 0. The van der Waals surface area contributed by atoms with Crippen LogP contribution in [0.2, 0.25) is 0 Å². The molecule has 0 aliphatic carbocycles. The number of benzene rings is 2. The number of esters is 1. The van der Waals surface area contributed by atoms with Crippen molar-refractivity contribution in [1.82, 2.24) is 5.32 Å². The van der Waals surface area contributed by atoms with Gasteiger partial charge in [-0.2, -0.15) is 0 Å². The molecule has 128 valence electrons. The van der Waals surface area contributed by atoms with Crippen LogP contribution in [0.15, 0.2) is 54.6 Å². The van der Waals surface area contributed by atoms with Crippen molar-refractivity contribution in [2.45, 2.75) is 0 Å². The van der Waals surface area contributed by atoms with Crippen molar-refractivity contribution in [3.05, 3.63) is 75.8 Å². The summed E-state index contributed by atoms with van der Waals surface area (Å²) in [4.78, 5) is 45.2. The molecule has 0 spiro atoms. The second-order valence-electron chi connectivity index (χ2n) is 4.94. The Morgan fingerprint density at radius 2 is 1.60 bits per heavy atom. The molecule has 0 saturated carbocycles. The van der Waals surface area contributed by atoms with E-state index in [1.807, 2.05) is 0 Å². The summed E-state index contributed by atoms with van der Waals surface area (Å²) >= 11 is 0. The van der Waals surface area contributed by atoms with Crippen LogP contribution in [0.1, 0.15) is 20.7 Å². The Labute approximate surface area is 142 Å². The summed E-state index contributed by atoms with van der Waals surface area (Å²) in [7, 11) is 0. The summed E-state index contributed by atoms with van der Waals surface area (Å²) < 4.78 is 4.79. The number of carbonyl (C=O) groups excluding carboxylic acids is 3. The van der Waals surface area contributed by atoms with E-state index in [2.05, 4.69) is 5.32 Å². The minimum absolute atomic E-state index is 0.142. The Kier molecular flexibility index (Phi) is 5.94. The maximum absolute atomic E-state index is 11.9. The minimum Gasteiger partial charge on any atom is -0.456 e. The third kappa shape index (κ3) is 5.24. The number of nitro groups is 1. The smallest absolute Gasteiger partial charge is 0.325 e. The summed E-state index contributed by atoms with van der Waals surface area (Å²) in [5.41, 5.74) is 0.446. The van der Waals surface area contributed by atoms with Gasteiger partial charge in [0.15, 0.2) is 12.4 Å². The van der Waals surface area contributed by atoms with Gasteiger partial charge in [0.25, 0.3) is 11.6 Å². The molecule has 0 atom stereocenters. The van der Waals surface area contributed by atoms with Crippen LogP contribution in [0.3, 0.4) is 0 Å². The predicted octanol–water partition coefficient (Wildman–Crippen LogP) is 1.75. The number of non-ortho nitro benzene ring substituents is 1. The molecule has 2 rings (SSSR count). The molecule has 2 aromatic rings. The molecule has 8 heteroatoms. The second kappa shape index (κ2) is 8.34. The maximum Gasteiger partial charge on any atom is 0.325 e. The van der Waals surface area contributed by atoms with Gasteiger partial charge in [-0.3, -0.25) is 24.5 Å². The number of amides is 1. The van der Waals surface area contributed by atoms with Gasteiger partial charge in [0.05, 0.1) is 4.92 Å². The van der Waals surface area contributed by atoms with Gasteiger partial charge in [0.1, 0.15) is 6.54 Å². The maximum atomic E-state index is 11.9. The third-order valence-corrected chi connectivity index (χ3v) is 3.19. The number of hydrogen-bond acceptors (Lipinski definition) is 6. The molecular weight excluding hydrogens is 328 g/mol. The van der Waals surface area contributed by atoms with Crippen LogP contribution in [0, 0.1) is 10.1 Å². The first-order chi connectivity index (χ1) is 12.0. The van der Waals surface area contributed by atoms with Gasteiger partial charge in [0.2, 0.25) is 0 Å². The monoisotopic (exact) mass is 342 g/mol. The largest absolute Gasteiger partial charge is 0.456 e. The average molecular weight is 342 g/mol. The number of hydrogen-bond donors (Lipinski definition) is 1. The molecule has 1 N–H and O–H groups in total. The minimum atomic E-state index is -0.764. The number of nitro benzene ring substituents is 1. The lowest BCUT2D eigenvalue weighted by atomic mass is 10.1. The topological polar surface area (TPSA) is 116 Å². The Morgan fingerprint density at radius 3 is 2.20 bits per heavy atom. The number of carbonyl (C=O) groups is 3. The fraction of sp³-hybridized carbons (Fsp3) is 0.118. The zero-order valence-corrected chi connectivity index (χ0v) is 13.0. The van der Waals surface area contributed by atoms with E-state index in [0.717, 1.165) is 0 Å². The number of ketones is 1. The van der Waals surface area contributed by atoms with E-state index in [9.17, 15) is 24.5 Å². The van der Waals surface area contributed by atoms with E-state index in [1.165, 1.54) is 24.3 Å². The number of Topliss-reactive ketones (excluding diaryl/α,β-unsaturated/α-hetero) is 1. The van der Waals surface area contributed by atoms with Crippen molar-refractivity contribution in [2.24, 2.45) is 0 Å².